The average Bonchev–Trinajstić information content (AvgIpc) is 3.19. The molecule has 2 aromatic carbocycles. The SMILES string of the molecule is O=C(Nc1ccc(S(=O)(=O)N2CCCC2)cc1)c1cc(F)c(F)cc1[N+](=O)[O-]. The zero-order valence-electron chi connectivity index (χ0n) is 14.4. The number of benzene rings is 2. The van der Waals surface area contributed by atoms with E-state index in [0.29, 0.717) is 25.2 Å². The number of sulfonamides is 1. The van der Waals surface area contributed by atoms with Crippen molar-refractivity contribution in [3.63, 3.8) is 0 Å². The van der Waals surface area contributed by atoms with Crippen LogP contribution in [0, 0.1) is 21.7 Å². The Balaban J connectivity index is 1.82. The van der Waals surface area contributed by atoms with Crippen molar-refractivity contribution < 1.29 is 26.9 Å². The fraction of sp³-hybridized carbons (Fsp3) is 0.235. The Morgan fingerprint density at radius 2 is 1.64 bits per heavy atom. The average molecular weight is 411 g/mol. The quantitative estimate of drug-likeness (QED) is 0.601. The molecule has 0 atom stereocenters. The fourth-order valence-corrected chi connectivity index (χ4v) is 4.37. The molecule has 3 rings (SSSR count). The van der Waals surface area contributed by atoms with E-state index in [4.69, 9.17) is 0 Å². The molecular weight excluding hydrogens is 396 g/mol. The molecule has 1 N–H and O–H groups in total. The summed E-state index contributed by atoms with van der Waals surface area (Å²) in [6, 6.07) is 5.98. The molecule has 0 aromatic heterocycles. The van der Waals surface area contributed by atoms with Crippen LogP contribution >= 0.6 is 0 Å². The number of halogens is 2. The molecule has 1 amide bonds. The predicted octanol–water partition coefficient (Wildman–Crippen LogP) is 2.91. The Labute approximate surface area is 159 Å². The zero-order chi connectivity index (χ0) is 20.5. The number of amides is 1. The molecule has 148 valence electrons. The Hall–Kier alpha value is -2.92. The third kappa shape index (κ3) is 3.85. The maximum atomic E-state index is 13.4. The highest BCUT2D eigenvalue weighted by atomic mass is 32.2. The number of nitro groups is 1. The molecule has 0 saturated carbocycles. The molecule has 8 nitrogen and oxygen atoms in total. The maximum absolute atomic E-state index is 13.4. The van der Waals surface area contributed by atoms with Gasteiger partial charge in [0.2, 0.25) is 10.0 Å². The van der Waals surface area contributed by atoms with Gasteiger partial charge in [0, 0.05) is 18.8 Å². The third-order valence-electron chi connectivity index (χ3n) is 4.29. The Bertz CT molecular complexity index is 1040. The van der Waals surface area contributed by atoms with Gasteiger partial charge in [0.15, 0.2) is 11.6 Å². The largest absolute Gasteiger partial charge is 0.322 e. The van der Waals surface area contributed by atoms with Gasteiger partial charge in [0.05, 0.1) is 15.9 Å². The van der Waals surface area contributed by atoms with Crippen molar-refractivity contribution in [1.82, 2.24) is 4.31 Å². The number of carbonyl (C=O) groups excluding carboxylic acids is 1. The minimum atomic E-state index is -3.62. The first-order valence-electron chi connectivity index (χ1n) is 8.25. The van der Waals surface area contributed by atoms with Gasteiger partial charge in [-0.15, -0.1) is 0 Å². The van der Waals surface area contributed by atoms with Crippen molar-refractivity contribution in [3.05, 3.63) is 63.7 Å². The Morgan fingerprint density at radius 3 is 2.21 bits per heavy atom. The van der Waals surface area contributed by atoms with E-state index in [2.05, 4.69) is 5.32 Å². The highest BCUT2D eigenvalue weighted by Crippen LogP contribution is 2.25. The molecule has 0 bridgehead atoms. The molecular formula is C17H15F2N3O5S. The molecule has 1 aliphatic rings. The van der Waals surface area contributed by atoms with E-state index in [1.54, 1.807) is 0 Å². The number of nitrogens with one attached hydrogen (secondary N) is 1. The lowest BCUT2D eigenvalue weighted by Gasteiger charge is -2.15. The lowest BCUT2D eigenvalue weighted by molar-refractivity contribution is -0.385. The minimum Gasteiger partial charge on any atom is -0.322 e. The van der Waals surface area contributed by atoms with Gasteiger partial charge in [-0.05, 0) is 43.2 Å². The Kier molecular flexibility index (Phi) is 5.38. The summed E-state index contributed by atoms with van der Waals surface area (Å²) < 4.78 is 52.9. The van der Waals surface area contributed by atoms with E-state index in [1.807, 2.05) is 0 Å². The van der Waals surface area contributed by atoms with Crippen LogP contribution in [0.2, 0.25) is 0 Å². The molecule has 0 aliphatic carbocycles. The number of hydrogen-bond acceptors (Lipinski definition) is 5. The highest BCUT2D eigenvalue weighted by Gasteiger charge is 2.27. The van der Waals surface area contributed by atoms with Gasteiger partial charge >= 0.3 is 0 Å². The molecule has 0 radical (unpaired) electrons. The van der Waals surface area contributed by atoms with E-state index in [1.165, 1.54) is 28.6 Å². The van der Waals surface area contributed by atoms with Crippen LogP contribution in [0.5, 0.6) is 0 Å². The number of anilines is 1. The van der Waals surface area contributed by atoms with Gasteiger partial charge in [-0.2, -0.15) is 4.31 Å². The second-order valence-electron chi connectivity index (χ2n) is 6.13. The number of carbonyl (C=O) groups is 1. The number of rotatable bonds is 5. The van der Waals surface area contributed by atoms with E-state index in [0.717, 1.165) is 12.8 Å². The molecule has 11 heteroatoms. The van der Waals surface area contributed by atoms with Gasteiger partial charge in [0.25, 0.3) is 11.6 Å². The highest BCUT2D eigenvalue weighted by molar-refractivity contribution is 7.89. The Morgan fingerprint density at radius 1 is 1.07 bits per heavy atom. The number of nitro benzene ring substituents is 1. The standard InChI is InChI=1S/C17H15F2N3O5S/c18-14-9-13(16(22(24)25)10-15(14)19)17(23)20-11-3-5-12(6-4-11)28(26,27)21-7-1-2-8-21/h3-6,9-10H,1-2,7-8H2,(H,20,23). The summed E-state index contributed by atoms with van der Waals surface area (Å²) in [6.07, 6.45) is 1.58. The van der Waals surface area contributed by atoms with E-state index >= 15 is 0 Å². The van der Waals surface area contributed by atoms with Crippen molar-refractivity contribution in [2.75, 3.05) is 18.4 Å². The summed E-state index contributed by atoms with van der Waals surface area (Å²) in [4.78, 5) is 22.3. The first kappa shape index (κ1) is 19.8. The number of nitrogens with zero attached hydrogens (tertiary/aromatic N) is 2. The lowest BCUT2D eigenvalue weighted by atomic mass is 10.1. The van der Waals surface area contributed by atoms with Crippen molar-refractivity contribution in [2.45, 2.75) is 17.7 Å². The molecule has 1 fully saturated rings. The molecule has 0 spiro atoms. The summed E-state index contributed by atoms with van der Waals surface area (Å²) >= 11 is 0. The zero-order valence-corrected chi connectivity index (χ0v) is 15.2. The summed E-state index contributed by atoms with van der Waals surface area (Å²) in [5, 5.41) is 13.3. The van der Waals surface area contributed by atoms with Crippen LogP contribution in [0.4, 0.5) is 20.2 Å². The molecule has 2 aromatic rings. The van der Waals surface area contributed by atoms with E-state index in [9.17, 15) is 32.1 Å². The smallest absolute Gasteiger partial charge is 0.285 e. The summed E-state index contributed by atoms with van der Waals surface area (Å²) in [5.41, 5.74) is -1.40. The predicted molar refractivity (Wildman–Crippen MR) is 95.4 cm³/mol. The maximum Gasteiger partial charge on any atom is 0.285 e. The van der Waals surface area contributed by atoms with Gasteiger partial charge in [0.1, 0.15) is 5.56 Å². The second kappa shape index (κ2) is 7.60. The van der Waals surface area contributed by atoms with Gasteiger partial charge in [-0.25, -0.2) is 17.2 Å². The van der Waals surface area contributed by atoms with Crippen molar-refractivity contribution in [2.24, 2.45) is 0 Å². The van der Waals surface area contributed by atoms with Crippen molar-refractivity contribution >= 4 is 27.3 Å². The van der Waals surface area contributed by atoms with Gasteiger partial charge in [-0.1, -0.05) is 0 Å². The summed E-state index contributed by atoms with van der Waals surface area (Å²) in [6.45, 7) is 0.890. The normalized spacial score (nSPS) is 14.8. The first-order chi connectivity index (χ1) is 13.2. The molecule has 1 aliphatic heterocycles. The van der Waals surface area contributed by atoms with Crippen LogP contribution in [-0.4, -0.2) is 36.6 Å². The van der Waals surface area contributed by atoms with Crippen LogP contribution in [0.3, 0.4) is 0 Å². The lowest BCUT2D eigenvalue weighted by Crippen LogP contribution is -2.27. The first-order valence-corrected chi connectivity index (χ1v) is 9.69. The molecule has 1 heterocycles. The van der Waals surface area contributed by atoms with E-state index in [-0.39, 0.29) is 10.6 Å². The van der Waals surface area contributed by atoms with Crippen LogP contribution in [0.15, 0.2) is 41.3 Å². The van der Waals surface area contributed by atoms with Gasteiger partial charge < -0.3 is 5.32 Å². The van der Waals surface area contributed by atoms with Gasteiger partial charge in [-0.3, -0.25) is 14.9 Å². The van der Waals surface area contributed by atoms with Crippen molar-refractivity contribution in [3.8, 4) is 0 Å². The summed E-state index contributed by atoms with van der Waals surface area (Å²) in [5.74, 6) is -3.87. The van der Waals surface area contributed by atoms with Crippen LogP contribution in [0.1, 0.15) is 23.2 Å². The van der Waals surface area contributed by atoms with Crippen LogP contribution in [0.25, 0.3) is 0 Å². The van der Waals surface area contributed by atoms with E-state index < -0.39 is 43.7 Å². The minimum absolute atomic E-state index is 0.0474. The molecule has 0 unspecified atom stereocenters. The third-order valence-corrected chi connectivity index (χ3v) is 6.21. The summed E-state index contributed by atoms with van der Waals surface area (Å²) in [7, 11) is -3.62. The topological polar surface area (TPSA) is 110 Å². The van der Waals surface area contributed by atoms with Crippen molar-refractivity contribution in [1.29, 1.82) is 0 Å². The molecule has 1 saturated heterocycles. The molecule has 28 heavy (non-hydrogen) atoms. The number of hydrogen-bond donors (Lipinski definition) is 1. The fourth-order valence-electron chi connectivity index (χ4n) is 2.86. The van der Waals surface area contributed by atoms with Crippen LogP contribution in [-0.2, 0) is 10.0 Å². The second-order valence-corrected chi connectivity index (χ2v) is 8.07. The van der Waals surface area contributed by atoms with Crippen LogP contribution < -0.4 is 5.32 Å². The monoisotopic (exact) mass is 411 g/mol.